The number of hydrogen-bond acceptors (Lipinski definition) is 7. The zero-order valence-corrected chi connectivity index (χ0v) is 18.1. The fourth-order valence-electron chi connectivity index (χ4n) is 3.08. The maximum absolute atomic E-state index is 12.9. The third-order valence-electron chi connectivity index (χ3n) is 4.58. The summed E-state index contributed by atoms with van der Waals surface area (Å²) in [7, 11) is -2.13. The van der Waals surface area contributed by atoms with Gasteiger partial charge in [0.15, 0.2) is 5.95 Å². The van der Waals surface area contributed by atoms with Crippen molar-refractivity contribution in [1.82, 2.24) is 24.6 Å². The standard InChI is InChI=1S/C19H22N6O6S/c1-25-10-13(17(27)22-9-14(18(28)29)24-32(2,30)31)16(26)12-4-3-11(7-15(12)25)8-23-19-20-5-6-21-19/h3-7,10,14,24H,8-9H2,1-2H3,(H,22,27)(H,28,29)(H2,20,21,23). The SMILES string of the molecule is Cn1cc(C(=O)NCC(NS(C)(=O)=O)C(=O)O)c(=O)c2ccc(CNc3ncc[nH]3)cc21. The number of carbonyl (C=O) groups is 2. The fourth-order valence-corrected chi connectivity index (χ4v) is 3.78. The van der Waals surface area contributed by atoms with Crippen LogP contribution in [-0.4, -0.2) is 58.8 Å². The van der Waals surface area contributed by atoms with E-state index in [1.807, 2.05) is 10.8 Å². The van der Waals surface area contributed by atoms with Gasteiger partial charge in [-0.15, -0.1) is 0 Å². The van der Waals surface area contributed by atoms with Gasteiger partial charge in [0.05, 0.1) is 11.8 Å². The van der Waals surface area contributed by atoms with E-state index in [4.69, 9.17) is 5.11 Å². The van der Waals surface area contributed by atoms with Crippen LogP contribution in [0.3, 0.4) is 0 Å². The third-order valence-corrected chi connectivity index (χ3v) is 5.29. The van der Waals surface area contributed by atoms with Crippen molar-refractivity contribution in [2.24, 2.45) is 7.05 Å². The molecule has 0 fully saturated rings. The molecule has 1 aromatic carbocycles. The second-order valence-corrected chi connectivity index (χ2v) is 8.90. The van der Waals surface area contributed by atoms with E-state index in [9.17, 15) is 22.8 Å². The van der Waals surface area contributed by atoms with Gasteiger partial charge in [0.1, 0.15) is 11.6 Å². The Labute approximate surface area is 182 Å². The Kier molecular flexibility index (Phi) is 6.60. The summed E-state index contributed by atoms with van der Waals surface area (Å²) in [6.07, 6.45) is 5.47. The number of H-pyrrole nitrogens is 1. The summed E-state index contributed by atoms with van der Waals surface area (Å²) in [5.74, 6) is -1.66. The Morgan fingerprint density at radius 3 is 2.69 bits per heavy atom. The summed E-state index contributed by atoms with van der Waals surface area (Å²) in [5.41, 5.74) is 0.777. The molecule has 32 heavy (non-hydrogen) atoms. The third kappa shape index (κ3) is 5.50. The summed E-state index contributed by atoms with van der Waals surface area (Å²) >= 11 is 0. The molecule has 0 aliphatic heterocycles. The maximum atomic E-state index is 12.9. The molecule has 2 heterocycles. The molecule has 0 bridgehead atoms. The highest BCUT2D eigenvalue weighted by atomic mass is 32.2. The Bertz CT molecular complexity index is 1320. The van der Waals surface area contributed by atoms with E-state index in [1.54, 1.807) is 36.1 Å². The molecule has 2 aromatic heterocycles. The number of carboxylic acids is 1. The molecule has 0 saturated heterocycles. The lowest BCUT2D eigenvalue weighted by Gasteiger charge is -2.15. The number of aliphatic carboxylic acids is 1. The molecule has 13 heteroatoms. The highest BCUT2D eigenvalue weighted by Crippen LogP contribution is 2.15. The molecule has 0 radical (unpaired) electrons. The molecule has 0 spiro atoms. The Morgan fingerprint density at radius 2 is 2.06 bits per heavy atom. The molecule has 3 aromatic rings. The Hall–Kier alpha value is -3.71. The number of carboxylic acid groups (broad SMARTS) is 1. The molecular weight excluding hydrogens is 440 g/mol. The molecule has 1 unspecified atom stereocenters. The number of rotatable bonds is 9. The van der Waals surface area contributed by atoms with Crippen LogP contribution in [0, 0.1) is 0 Å². The highest BCUT2D eigenvalue weighted by Gasteiger charge is 2.23. The number of benzene rings is 1. The Morgan fingerprint density at radius 1 is 1.31 bits per heavy atom. The number of sulfonamides is 1. The molecule has 0 aliphatic carbocycles. The number of aromatic amines is 1. The highest BCUT2D eigenvalue weighted by molar-refractivity contribution is 7.88. The minimum atomic E-state index is -3.81. The number of pyridine rings is 1. The molecule has 1 atom stereocenters. The van der Waals surface area contributed by atoms with E-state index < -0.39 is 39.9 Å². The normalized spacial score (nSPS) is 12.4. The van der Waals surface area contributed by atoms with Crippen molar-refractivity contribution in [3.05, 3.63) is 58.1 Å². The second kappa shape index (κ2) is 9.20. The average Bonchev–Trinajstić information content (AvgIpc) is 3.24. The van der Waals surface area contributed by atoms with Gasteiger partial charge in [-0.05, 0) is 17.7 Å². The molecule has 1 amide bonds. The van der Waals surface area contributed by atoms with Crippen molar-refractivity contribution in [1.29, 1.82) is 0 Å². The number of hydrogen-bond donors (Lipinski definition) is 5. The van der Waals surface area contributed by atoms with Crippen molar-refractivity contribution >= 4 is 38.8 Å². The zero-order chi connectivity index (χ0) is 23.5. The second-order valence-electron chi connectivity index (χ2n) is 7.12. The first-order chi connectivity index (χ1) is 15.0. The summed E-state index contributed by atoms with van der Waals surface area (Å²) in [6.45, 7) is -0.0659. The predicted octanol–water partition coefficient (Wildman–Crippen LogP) is -0.394. The smallest absolute Gasteiger partial charge is 0.323 e. The van der Waals surface area contributed by atoms with Crippen molar-refractivity contribution in [2.45, 2.75) is 12.6 Å². The van der Waals surface area contributed by atoms with Crippen molar-refractivity contribution in [3.8, 4) is 0 Å². The number of nitrogens with one attached hydrogen (secondary N) is 4. The first-order valence-corrected chi connectivity index (χ1v) is 11.3. The zero-order valence-electron chi connectivity index (χ0n) is 17.2. The summed E-state index contributed by atoms with van der Waals surface area (Å²) in [4.78, 5) is 43.6. The first-order valence-electron chi connectivity index (χ1n) is 9.39. The topological polar surface area (TPSA) is 175 Å². The van der Waals surface area contributed by atoms with Gasteiger partial charge >= 0.3 is 5.97 Å². The molecule has 3 rings (SSSR count). The van der Waals surface area contributed by atoms with Crippen LogP contribution in [-0.2, 0) is 28.4 Å². The van der Waals surface area contributed by atoms with Gasteiger partial charge in [-0.25, -0.2) is 13.4 Å². The lowest BCUT2D eigenvalue weighted by Crippen LogP contribution is -2.48. The number of anilines is 1. The number of aromatic nitrogens is 3. The molecule has 5 N–H and O–H groups in total. The largest absolute Gasteiger partial charge is 0.480 e. The van der Waals surface area contributed by atoms with E-state index in [1.165, 1.54) is 6.20 Å². The lowest BCUT2D eigenvalue weighted by molar-refractivity contribution is -0.138. The molecular formula is C19H22N6O6S. The van der Waals surface area contributed by atoms with Crippen LogP contribution in [0.25, 0.3) is 10.9 Å². The number of aryl methyl sites for hydroxylation is 1. The van der Waals surface area contributed by atoms with E-state index in [0.717, 1.165) is 11.8 Å². The quantitative estimate of drug-likeness (QED) is 0.285. The summed E-state index contributed by atoms with van der Waals surface area (Å²) in [6, 6.07) is 3.60. The van der Waals surface area contributed by atoms with Gasteiger partial charge in [0, 0.05) is 44.1 Å². The van der Waals surface area contributed by atoms with Crippen LogP contribution in [0.15, 0.2) is 41.6 Å². The van der Waals surface area contributed by atoms with Gasteiger partial charge in [-0.3, -0.25) is 14.4 Å². The number of carbonyl (C=O) groups excluding carboxylic acids is 1. The van der Waals surface area contributed by atoms with Crippen LogP contribution in [0.1, 0.15) is 15.9 Å². The monoisotopic (exact) mass is 462 g/mol. The molecule has 0 saturated carbocycles. The number of imidazole rings is 1. The first kappa shape index (κ1) is 23.0. The van der Waals surface area contributed by atoms with E-state index in [-0.39, 0.29) is 5.56 Å². The molecule has 170 valence electrons. The van der Waals surface area contributed by atoms with Crippen LogP contribution < -0.4 is 20.8 Å². The van der Waals surface area contributed by atoms with Gasteiger partial charge in [-0.1, -0.05) is 6.07 Å². The molecule has 0 aliphatic rings. The van der Waals surface area contributed by atoms with E-state index in [0.29, 0.717) is 23.4 Å². The van der Waals surface area contributed by atoms with Gasteiger partial charge in [0.2, 0.25) is 15.5 Å². The van der Waals surface area contributed by atoms with Crippen LogP contribution in [0.5, 0.6) is 0 Å². The Balaban J connectivity index is 1.80. The van der Waals surface area contributed by atoms with Crippen LogP contribution >= 0.6 is 0 Å². The maximum Gasteiger partial charge on any atom is 0.323 e. The number of fused-ring (bicyclic) bond motifs is 1. The number of nitrogens with zero attached hydrogens (tertiary/aromatic N) is 2. The lowest BCUT2D eigenvalue weighted by atomic mass is 10.1. The summed E-state index contributed by atoms with van der Waals surface area (Å²) in [5, 5.41) is 14.9. The van der Waals surface area contributed by atoms with E-state index >= 15 is 0 Å². The van der Waals surface area contributed by atoms with Crippen LogP contribution in [0.2, 0.25) is 0 Å². The van der Waals surface area contributed by atoms with E-state index in [2.05, 4.69) is 20.6 Å². The van der Waals surface area contributed by atoms with Gasteiger partial charge < -0.3 is 25.3 Å². The van der Waals surface area contributed by atoms with Gasteiger partial charge in [0.25, 0.3) is 5.91 Å². The van der Waals surface area contributed by atoms with Crippen molar-refractivity contribution < 1.29 is 23.1 Å². The summed E-state index contributed by atoms with van der Waals surface area (Å²) < 4.78 is 26.1. The minimum Gasteiger partial charge on any atom is -0.480 e. The number of amides is 1. The van der Waals surface area contributed by atoms with Crippen LogP contribution in [0.4, 0.5) is 5.95 Å². The van der Waals surface area contributed by atoms with Crippen molar-refractivity contribution in [2.75, 3.05) is 18.1 Å². The predicted molar refractivity (Wildman–Crippen MR) is 117 cm³/mol. The molecule has 12 nitrogen and oxygen atoms in total. The minimum absolute atomic E-state index is 0.190. The fraction of sp³-hybridized carbons (Fsp3) is 0.263. The average molecular weight is 462 g/mol. The van der Waals surface area contributed by atoms with Crippen molar-refractivity contribution in [3.63, 3.8) is 0 Å². The van der Waals surface area contributed by atoms with Gasteiger partial charge in [-0.2, -0.15) is 4.72 Å².